The molecule has 1 aromatic rings. The minimum Gasteiger partial charge on any atom is -0.399 e. The Balaban J connectivity index is 1.68. The molecule has 21 heavy (non-hydrogen) atoms. The summed E-state index contributed by atoms with van der Waals surface area (Å²) in [5.74, 6) is 0.861. The van der Waals surface area contributed by atoms with Crippen molar-refractivity contribution in [1.82, 2.24) is 10.2 Å². The van der Waals surface area contributed by atoms with Gasteiger partial charge < -0.3 is 16.0 Å². The Bertz CT molecular complexity index is 479. The molecule has 1 aliphatic heterocycles. The molecule has 1 saturated heterocycles. The standard InChI is InChI=1S/C17H27N3O/c1-13-6-10-20(11-7-13)9-3-8-19-17(21)15-4-5-16(18)14(2)12-15/h4-5,12-13H,3,6-11,18H2,1-2H3,(H,19,21). The molecule has 1 amide bonds. The van der Waals surface area contributed by atoms with Gasteiger partial charge in [0.1, 0.15) is 0 Å². The first-order chi connectivity index (χ1) is 10.1. The van der Waals surface area contributed by atoms with Crippen molar-refractivity contribution in [2.75, 3.05) is 31.9 Å². The molecule has 1 aromatic carbocycles. The van der Waals surface area contributed by atoms with E-state index in [4.69, 9.17) is 5.73 Å². The Morgan fingerprint density at radius 1 is 1.38 bits per heavy atom. The topological polar surface area (TPSA) is 58.4 Å². The molecule has 1 fully saturated rings. The van der Waals surface area contributed by atoms with Gasteiger partial charge in [-0.3, -0.25) is 4.79 Å². The van der Waals surface area contributed by atoms with Gasteiger partial charge in [0.05, 0.1) is 0 Å². The van der Waals surface area contributed by atoms with Crippen LogP contribution < -0.4 is 11.1 Å². The van der Waals surface area contributed by atoms with Crippen LogP contribution in [0.2, 0.25) is 0 Å². The number of nitrogens with one attached hydrogen (secondary N) is 1. The second-order valence-corrected chi connectivity index (χ2v) is 6.20. The maximum atomic E-state index is 12.0. The van der Waals surface area contributed by atoms with Gasteiger partial charge in [0, 0.05) is 17.8 Å². The zero-order chi connectivity index (χ0) is 15.2. The fourth-order valence-corrected chi connectivity index (χ4v) is 2.71. The van der Waals surface area contributed by atoms with Crippen LogP contribution in [0.25, 0.3) is 0 Å². The molecule has 1 heterocycles. The van der Waals surface area contributed by atoms with Crippen LogP contribution in [-0.2, 0) is 0 Å². The lowest BCUT2D eigenvalue weighted by molar-refractivity contribution is 0.0950. The summed E-state index contributed by atoms with van der Waals surface area (Å²) in [6.45, 7) is 8.45. The fraction of sp³-hybridized carbons (Fsp3) is 0.588. The smallest absolute Gasteiger partial charge is 0.251 e. The first-order valence-corrected chi connectivity index (χ1v) is 7.93. The van der Waals surface area contributed by atoms with E-state index in [1.807, 2.05) is 13.0 Å². The number of nitrogen functional groups attached to an aromatic ring is 1. The molecular formula is C17H27N3O. The van der Waals surface area contributed by atoms with E-state index in [0.717, 1.165) is 36.7 Å². The van der Waals surface area contributed by atoms with Gasteiger partial charge in [-0.05, 0) is 75.5 Å². The number of hydrogen-bond acceptors (Lipinski definition) is 3. The molecule has 2 rings (SSSR count). The van der Waals surface area contributed by atoms with Crippen LogP contribution in [0.1, 0.15) is 42.1 Å². The summed E-state index contributed by atoms with van der Waals surface area (Å²) in [5.41, 5.74) is 8.13. The highest BCUT2D eigenvalue weighted by Gasteiger charge is 2.15. The van der Waals surface area contributed by atoms with E-state index in [9.17, 15) is 4.79 Å². The number of piperidine rings is 1. The molecule has 116 valence electrons. The molecule has 0 radical (unpaired) electrons. The predicted octanol–water partition coefficient (Wildman–Crippen LogP) is 2.43. The summed E-state index contributed by atoms with van der Waals surface area (Å²) < 4.78 is 0. The predicted molar refractivity (Wildman–Crippen MR) is 87.4 cm³/mol. The third kappa shape index (κ3) is 4.74. The first-order valence-electron chi connectivity index (χ1n) is 7.93. The summed E-state index contributed by atoms with van der Waals surface area (Å²) >= 11 is 0. The van der Waals surface area contributed by atoms with Gasteiger partial charge in [-0.25, -0.2) is 0 Å². The third-order valence-electron chi connectivity index (χ3n) is 4.34. The van der Waals surface area contributed by atoms with Gasteiger partial charge in [-0.15, -0.1) is 0 Å². The summed E-state index contributed by atoms with van der Waals surface area (Å²) in [7, 11) is 0. The number of aryl methyl sites for hydroxylation is 1. The van der Waals surface area contributed by atoms with Crippen LogP contribution in [0.15, 0.2) is 18.2 Å². The second kappa shape index (κ2) is 7.46. The van der Waals surface area contributed by atoms with Crippen LogP contribution in [-0.4, -0.2) is 37.0 Å². The maximum Gasteiger partial charge on any atom is 0.251 e. The highest BCUT2D eigenvalue weighted by Crippen LogP contribution is 2.16. The number of carbonyl (C=O) groups excluding carboxylic acids is 1. The highest BCUT2D eigenvalue weighted by atomic mass is 16.1. The van der Waals surface area contributed by atoms with E-state index < -0.39 is 0 Å². The zero-order valence-electron chi connectivity index (χ0n) is 13.2. The number of rotatable bonds is 5. The monoisotopic (exact) mass is 289 g/mol. The van der Waals surface area contributed by atoms with Crippen molar-refractivity contribution in [3.05, 3.63) is 29.3 Å². The molecule has 1 aliphatic rings. The van der Waals surface area contributed by atoms with E-state index >= 15 is 0 Å². The van der Waals surface area contributed by atoms with Crippen molar-refractivity contribution in [2.45, 2.75) is 33.1 Å². The van der Waals surface area contributed by atoms with Crippen molar-refractivity contribution in [2.24, 2.45) is 5.92 Å². The van der Waals surface area contributed by atoms with Crippen LogP contribution in [0, 0.1) is 12.8 Å². The minimum absolute atomic E-state index is 0.00892. The van der Waals surface area contributed by atoms with Crippen molar-refractivity contribution in [3.63, 3.8) is 0 Å². The molecule has 0 aromatic heterocycles. The molecule has 0 unspecified atom stereocenters. The van der Waals surface area contributed by atoms with Crippen LogP contribution >= 0.6 is 0 Å². The summed E-state index contributed by atoms with van der Waals surface area (Å²) in [6, 6.07) is 5.42. The number of nitrogens with zero attached hydrogens (tertiary/aromatic N) is 1. The van der Waals surface area contributed by atoms with E-state index in [1.165, 1.54) is 25.9 Å². The van der Waals surface area contributed by atoms with Crippen molar-refractivity contribution < 1.29 is 4.79 Å². The Morgan fingerprint density at radius 2 is 2.10 bits per heavy atom. The molecule has 0 bridgehead atoms. The number of benzene rings is 1. The molecule has 0 spiro atoms. The largest absolute Gasteiger partial charge is 0.399 e. The highest BCUT2D eigenvalue weighted by molar-refractivity contribution is 5.94. The lowest BCUT2D eigenvalue weighted by Gasteiger charge is -2.30. The first kappa shape index (κ1) is 15.8. The van der Waals surface area contributed by atoms with Crippen molar-refractivity contribution >= 4 is 11.6 Å². The summed E-state index contributed by atoms with van der Waals surface area (Å²) in [4.78, 5) is 14.5. The Labute approximate surface area is 127 Å². The zero-order valence-corrected chi connectivity index (χ0v) is 13.2. The average Bonchev–Trinajstić information content (AvgIpc) is 2.48. The summed E-state index contributed by atoms with van der Waals surface area (Å²) in [6.07, 6.45) is 3.61. The SMILES string of the molecule is Cc1cc(C(=O)NCCCN2CCC(C)CC2)ccc1N. The molecule has 0 aliphatic carbocycles. The normalized spacial score (nSPS) is 16.9. The van der Waals surface area contributed by atoms with Crippen molar-refractivity contribution in [3.8, 4) is 0 Å². The van der Waals surface area contributed by atoms with Crippen LogP contribution in [0.4, 0.5) is 5.69 Å². The average molecular weight is 289 g/mol. The Morgan fingerprint density at radius 3 is 2.76 bits per heavy atom. The maximum absolute atomic E-state index is 12.0. The number of likely N-dealkylation sites (tertiary alicyclic amines) is 1. The number of nitrogens with two attached hydrogens (primary N) is 1. The second-order valence-electron chi connectivity index (χ2n) is 6.20. The lowest BCUT2D eigenvalue weighted by atomic mass is 9.99. The molecule has 4 nitrogen and oxygen atoms in total. The number of hydrogen-bond donors (Lipinski definition) is 2. The Hall–Kier alpha value is -1.55. The van der Waals surface area contributed by atoms with E-state index in [2.05, 4.69) is 17.1 Å². The van der Waals surface area contributed by atoms with Gasteiger partial charge >= 0.3 is 0 Å². The molecule has 0 saturated carbocycles. The molecular weight excluding hydrogens is 262 g/mol. The lowest BCUT2D eigenvalue weighted by Crippen LogP contribution is -2.35. The van der Waals surface area contributed by atoms with Crippen LogP contribution in [0.5, 0.6) is 0 Å². The Kier molecular flexibility index (Phi) is 5.62. The van der Waals surface area contributed by atoms with Gasteiger partial charge in [-0.1, -0.05) is 6.92 Å². The summed E-state index contributed by atoms with van der Waals surface area (Å²) in [5, 5.41) is 2.99. The van der Waals surface area contributed by atoms with Crippen LogP contribution in [0.3, 0.4) is 0 Å². The van der Waals surface area contributed by atoms with E-state index in [0.29, 0.717) is 5.56 Å². The molecule has 4 heteroatoms. The number of anilines is 1. The van der Waals surface area contributed by atoms with Gasteiger partial charge in [0.25, 0.3) is 5.91 Å². The number of carbonyl (C=O) groups is 1. The van der Waals surface area contributed by atoms with Gasteiger partial charge in [-0.2, -0.15) is 0 Å². The third-order valence-corrected chi connectivity index (χ3v) is 4.34. The fourth-order valence-electron chi connectivity index (χ4n) is 2.71. The van der Waals surface area contributed by atoms with Gasteiger partial charge in [0.2, 0.25) is 0 Å². The minimum atomic E-state index is -0.00892. The quantitative estimate of drug-likeness (QED) is 0.646. The van der Waals surface area contributed by atoms with Crippen molar-refractivity contribution in [1.29, 1.82) is 0 Å². The molecule has 3 N–H and O–H groups in total. The van der Waals surface area contributed by atoms with Gasteiger partial charge in [0.15, 0.2) is 0 Å². The van der Waals surface area contributed by atoms with E-state index in [1.54, 1.807) is 12.1 Å². The number of amides is 1. The molecule has 0 atom stereocenters. The van der Waals surface area contributed by atoms with E-state index in [-0.39, 0.29) is 5.91 Å².